The van der Waals surface area contributed by atoms with Gasteiger partial charge in [-0.1, -0.05) is 19.1 Å². The lowest BCUT2D eigenvalue weighted by Crippen LogP contribution is -2.44. The summed E-state index contributed by atoms with van der Waals surface area (Å²) in [5, 5.41) is 18.4. The van der Waals surface area contributed by atoms with Gasteiger partial charge in [0.05, 0.1) is 17.1 Å². The molecule has 3 aromatic heterocycles. The maximum Gasteiger partial charge on any atom is 0.173 e. The zero-order valence-electron chi connectivity index (χ0n) is 16.7. The number of phenols is 1. The van der Waals surface area contributed by atoms with Gasteiger partial charge < -0.3 is 14.4 Å². The molecule has 1 fully saturated rings. The van der Waals surface area contributed by atoms with Crippen LogP contribution < -0.4 is 0 Å². The lowest BCUT2D eigenvalue weighted by Gasteiger charge is -2.37. The molecule has 7 heteroatoms. The maximum absolute atomic E-state index is 14.7. The maximum atomic E-state index is 14.7. The Morgan fingerprint density at radius 1 is 1.03 bits per heavy atom. The number of hydrogen-bond donors (Lipinski definition) is 1. The standard InChI is InChI=1S/C23H22FN5O/c1-2-28-11-17(12-28)22-7-6-18(26-27-22)10-19-14-29-13-16(9-21(24)23(29)25-19)15-4-3-5-20(30)8-15/h3-9,13-14,17,30H,2,10-12H2,1H3. The summed E-state index contributed by atoms with van der Waals surface area (Å²) in [4.78, 5) is 6.80. The Kier molecular flexibility index (Phi) is 4.67. The molecular formula is C23H22FN5O. The van der Waals surface area contributed by atoms with Gasteiger partial charge in [-0.15, -0.1) is 0 Å². The number of likely N-dealkylation sites (tertiary alicyclic amines) is 1. The normalized spacial score (nSPS) is 14.9. The number of aromatic hydroxyl groups is 1. The summed E-state index contributed by atoms with van der Waals surface area (Å²) in [5.74, 6) is 0.200. The van der Waals surface area contributed by atoms with E-state index in [0.717, 1.165) is 42.3 Å². The van der Waals surface area contributed by atoms with Gasteiger partial charge in [0.25, 0.3) is 0 Å². The van der Waals surface area contributed by atoms with E-state index in [1.807, 2.05) is 30.6 Å². The number of rotatable bonds is 5. The van der Waals surface area contributed by atoms with Gasteiger partial charge in [0.1, 0.15) is 5.75 Å². The van der Waals surface area contributed by atoms with Crippen molar-refractivity contribution in [3.63, 3.8) is 0 Å². The van der Waals surface area contributed by atoms with Gasteiger partial charge in [0, 0.05) is 43.4 Å². The van der Waals surface area contributed by atoms with Gasteiger partial charge in [0.15, 0.2) is 11.5 Å². The Hall–Kier alpha value is -3.32. The second-order valence-electron chi connectivity index (χ2n) is 7.77. The van der Waals surface area contributed by atoms with Crippen molar-refractivity contribution >= 4 is 5.65 Å². The predicted octanol–water partition coefficient (Wildman–Crippen LogP) is 3.65. The third kappa shape index (κ3) is 3.52. The van der Waals surface area contributed by atoms with Crippen LogP contribution in [-0.2, 0) is 6.42 Å². The molecule has 1 aliphatic heterocycles. The lowest BCUT2D eigenvalue weighted by molar-refractivity contribution is 0.154. The van der Waals surface area contributed by atoms with E-state index in [-0.39, 0.29) is 11.4 Å². The number of pyridine rings is 1. The zero-order valence-corrected chi connectivity index (χ0v) is 16.7. The molecule has 30 heavy (non-hydrogen) atoms. The second-order valence-corrected chi connectivity index (χ2v) is 7.77. The molecule has 0 bridgehead atoms. The van der Waals surface area contributed by atoms with Crippen LogP contribution in [0.25, 0.3) is 16.8 Å². The number of aromatic nitrogens is 4. The SMILES string of the molecule is CCN1CC(c2ccc(Cc3cn4cc(-c5cccc(O)c5)cc(F)c4n3)nn2)C1. The third-order valence-corrected chi connectivity index (χ3v) is 5.66. The average molecular weight is 403 g/mol. The van der Waals surface area contributed by atoms with Crippen molar-refractivity contribution in [3.8, 4) is 16.9 Å². The van der Waals surface area contributed by atoms with Gasteiger partial charge >= 0.3 is 0 Å². The monoisotopic (exact) mass is 403 g/mol. The number of phenolic OH excluding ortho intramolecular Hbond substituents is 1. The van der Waals surface area contributed by atoms with Crippen LogP contribution in [0.5, 0.6) is 5.75 Å². The first-order chi connectivity index (χ1) is 14.6. The first-order valence-corrected chi connectivity index (χ1v) is 10.1. The summed E-state index contributed by atoms with van der Waals surface area (Å²) in [6.07, 6.45) is 4.11. The minimum atomic E-state index is -0.408. The third-order valence-electron chi connectivity index (χ3n) is 5.66. The molecule has 0 aliphatic carbocycles. The van der Waals surface area contributed by atoms with E-state index in [2.05, 4.69) is 27.0 Å². The molecule has 1 N–H and O–H groups in total. The smallest absolute Gasteiger partial charge is 0.173 e. The minimum absolute atomic E-state index is 0.144. The van der Waals surface area contributed by atoms with E-state index in [0.29, 0.717) is 17.9 Å². The first-order valence-electron chi connectivity index (χ1n) is 10.1. The molecule has 152 valence electrons. The van der Waals surface area contributed by atoms with Crippen molar-refractivity contribution in [2.75, 3.05) is 19.6 Å². The zero-order chi connectivity index (χ0) is 20.7. The highest BCUT2D eigenvalue weighted by Crippen LogP contribution is 2.26. The lowest BCUT2D eigenvalue weighted by atomic mass is 9.96. The van der Waals surface area contributed by atoms with E-state index in [1.165, 1.54) is 6.07 Å². The van der Waals surface area contributed by atoms with E-state index >= 15 is 0 Å². The van der Waals surface area contributed by atoms with Crippen molar-refractivity contribution in [1.82, 2.24) is 24.5 Å². The number of halogens is 1. The van der Waals surface area contributed by atoms with Crippen LogP contribution in [0.4, 0.5) is 4.39 Å². The van der Waals surface area contributed by atoms with Crippen molar-refractivity contribution in [3.05, 3.63) is 77.8 Å². The van der Waals surface area contributed by atoms with E-state index in [1.54, 1.807) is 22.6 Å². The molecule has 4 heterocycles. The molecule has 0 radical (unpaired) electrons. The highest BCUT2D eigenvalue weighted by molar-refractivity contribution is 5.66. The van der Waals surface area contributed by atoms with Crippen molar-refractivity contribution in [2.24, 2.45) is 0 Å². The quantitative estimate of drug-likeness (QED) is 0.551. The van der Waals surface area contributed by atoms with Crippen molar-refractivity contribution in [1.29, 1.82) is 0 Å². The number of likely N-dealkylation sites (N-methyl/N-ethyl adjacent to an activating group) is 1. The van der Waals surface area contributed by atoms with E-state index < -0.39 is 5.82 Å². The Balaban J connectivity index is 1.37. The number of fused-ring (bicyclic) bond motifs is 1. The summed E-state index contributed by atoms with van der Waals surface area (Å²) in [7, 11) is 0. The van der Waals surface area contributed by atoms with Crippen LogP contribution >= 0.6 is 0 Å². The largest absolute Gasteiger partial charge is 0.508 e. The molecule has 1 aromatic carbocycles. The molecule has 0 saturated carbocycles. The van der Waals surface area contributed by atoms with E-state index in [4.69, 9.17) is 0 Å². The molecule has 6 nitrogen and oxygen atoms in total. The number of benzene rings is 1. The Morgan fingerprint density at radius 2 is 1.90 bits per heavy atom. The van der Waals surface area contributed by atoms with Crippen molar-refractivity contribution < 1.29 is 9.50 Å². The molecule has 4 aromatic rings. The summed E-state index contributed by atoms with van der Waals surface area (Å²) >= 11 is 0. The van der Waals surface area contributed by atoms with Gasteiger partial charge in [-0.2, -0.15) is 10.2 Å². The summed E-state index contributed by atoms with van der Waals surface area (Å²) in [6, 6.07) is 12.2. The fourth-order valence-corrected chi connectivity index (χ4v) is 3.92. The molecule has 0 atom stereocenters. The molecule has 1 saturated heterocycles. The molecule has 0 unspecified atom stereocenters. The predicted molar refractivity (Wildman–Crippen MR) is 112 cm³/mol. The number of hydrogen-bond acceptors (Lipinski definition) is 5. The minimum Gasteiger partial charge on any atom is -0.508 e. The average Bonchev–Trinajstić information content (AvgIpc) is 3.11. The Labute approximate surface area is 173 Å². The fraction of sp³-hybridized carbons (Fsp3) is 0.261. The second kappa shape index (κ2) is 7.50. The first kappa shape index (κ1) is 18.7. The Morgan fingerprint density at radius 3 is 2.63 bits per heavy atom. The van der Waals surface area contributed by atoms with Crippen molar-refractivity contribution in [2.45, 2.75) is 19.3 Å². The molecule has 0 amide bonds. The summed E-state index contributed by atoms with van der Waals surface area (Å²) in [6.45, 7) is 5.31. The van der Waals surface area contributed by atoms with Crippen LogP contribution in [-0.4, -0.2) is 49.2 Å². The highest BCUT2D eigenvalue weighted by Gasteiger charge is 2.27. The van der Waals surface area contributed by atoms with Gasteiger partial charge in [-0.05, 0) is 42.4 Å². The molecule has 5 rings (SSSR count). The summed E-state index contributed by atoms with van der Waals surface area (Å²) < 4.78 is 16.3. The van der Waals surface area contributed by atoms with Gasteiger partial charge in [0.2, 0.25) is 0 Å². The van der Waals surface area contributed by atoms with Crippen LogP contribution in [0.2, 0.25) is 0 Å². The van der Waals surface area contributed by atoms with Crippen LogP contribution in [0.1, 0.15) is 29.9 Å². The molecule has 1 aliphatic rings. The number of nitrogens with zero attached hydrogens (tertiary/aromatic N) is 5. The fourth-order valence-electron chi connectivity index (χ4n) is 3.92. The molecular weight excluding hydrogens is 381 g/mol. The summed E-state index contributed by atoms with van der Waals surface area (Å²) in [5.41, 5.74) is 4.25. The molecule has 0 spiro atoms. The van der Waals surface area contributed by atoms with Crippen LogP contribution in [0.3, 0.4) is 0 Å². The van der Waals surface area contributed by atoms with E-state index in [9.17, 15) is 9.50 Å². The van der Waals surface area contributed by atoms with Crippen LogP contribution in [0, 0.1) is 5.82 Å². The number of imidazole rings is 1. The van der Waals surface area contributed by atoms with Gasteiger partial charge in [-0.3, -0.25) is 0 Å². The van der Waals surface area contributed by atoms with Gasteiger partial charge in [-0.25, -0.2) is 9.37 Å². The highest BCUT2D eigenvalue weighted by atomic mass is 19.1. The Bertz CT molecular complexity index is 1200. The topological polar surface area (TPSA) is 66.6 Å². The van der Waals surface area contributed by atoms with Crippen LogP contribution in [0.15, 0.2) is 54.9 Å².